The maximum atomic E-state index is 12.4. The molecule has 1 atom stereocenters. The molecule has 0 aromatic heterocycles. The van der Waals surface area contributed by atoms with E-state index in [1.807, 2.05) is 4.90 Å². The van der Waals surface area contributed by atoms with E-state index >= 15 is 0 Å². The Kier molecular flexibility index (Phi) is 4.66. The first kappa shape index (κ1) is 14.2. The Morgan fingerprint density at radius 1 is 1.53 bits per heavy atom. The minimum Gasteiger partial charge on any atom is -0.399 e. The molecule has 2 rings (SSSR count). The number of nitrogen functional groups attached to an aromatic ring is 1. The van der Waals surface area contributed by atoms with Crippen LogP contribution in [-0.2, 0) is 0 Å². The lowest BCUT2D eigenvalue weighted by Crippen LogP contribution is -2.40. The molecule has 0 aliphatic carbocycles. The summed E-state index contributed by atoms with van der Waals surface area (Å²) in [4.78, 5) is 14.2. The summed E-state index contributed by atoms with van der Waals surface area (Å²) in [5.74, 6) is 0.336. The number of likely N-dealkylation sites (tertiary alicyclic amines) is 1. The number of amides is 1. The lowest BCUT2D eigenvalue weighted by atomic mass is 9.94. The Balaban J connectivity index is 2.10. The van der Waals surface area contributed by atoms with Gasteiger partial charge in [-0.15, -0.1) is 0 Å². The van der Waals surface area contributed by atoms with Gasteiger partial charge in [0.15, 0.2) is 0 Å². The molecule has 1 amide bonds. The van der Waals surface area contributed by atoms with Gasteiger partial charge in [-0.3, -0.25) is 4.79 Å². The zero-order valence-electron chi connectivity index (χ0n) is 10.8. The van der Waals surface area contributed by atoms with E-state index in [0.29, 0.717) is 28.7 Å². The molecule has 1 aliphatic heterocycles. The molecule has 1 heterocycles. The van der Waals surface area contributed by atoms with Gasteiger partial charge < -0.3 is 15.7 Å². The summed E-state index contributed by atoms with van der Waals surface area (Å²) in [6, 6.07) is 4.97. The molecule has 0 bridgehead atoms. The predicted molar refractivity (Wildman–Crippen MR) is 76.2 cm³/mol. The first-order valence-electron chi connectivity index (χ1n) is 6.57. The summed E-state index contributed by atoms with van der Waals surface area (Å²) >= 11 is 6.07. The van der Waals surface area contributed by atoms with Gasteiger partial charge in [-0.25, -0.2) is 0 Å². The Bertz CT molecular complexity index is 463. The molecule has 1 unspecified atom stereocenters. The summed E-state index contributed by atoms with van der Waals surface area (Å²) in [5.41, 5.74) is 6.69. The minimum atomic E-state index is -0.0485. The molecule has 1 fully saturated rings. The summed E-state index contributed by atoms with van der Waals surface area (Å²) in [6.45, 7) is 1.62. The van der Waals surface area contributed by atoms with E-state index < -0.39 is 0 Å². The van der Waals surface area contributed by atoms with Crippen molar-refractivity contribution in [1.82, 2.24) is 4.90 Å². The second-order valence-corrected chi connectivity index (χ2v) is 5.42. The Morgan fingerprint density at radius 3 is 3.00 bits per heavy atom. The number of nitrogens with two attached hydrogens (primary N) is 1. The molecule has 0 saturated carbocycles. The lowest BCUT2D eigenvalue weighted by Gasteiger charge is -2.32. The number of hydrogen-bond acceptors (Lipinski definition) is 3. The SMILES string of the molecule is Nc1ccc(C(=O)N2CCCC(CCO)C2)c(Cl)c1. The third kappa shape index (κ3) is 3.39. The first-order valence-corrected chi connectivity index (χ1v) is 6.94. The van der Waals surface area contributed by atoms with Crippen molar-refractivity contribution in [1.29, 1.82) is 0 Å². The molecule has 1 aliphatic rings. The second kappa shape index (κ2) is 6.26. The third-order valence-electron chi connectivity index (χ3n) is 3.57. The molecule has 0 radical (unpaired) electrons. The van der Waals surface area contributed by atoms with Crippen molar-refractivity contribution in [2.45, 2.75) is 19.3 Å². The highest BCUT2D eigenvalue weighted by molar-refractivity contribution is 6.34. The molecular formula is C14H19ClN2O2. The highest BCUT2D eigenvalue weighted by Crippen LogP contribution is 2.25. The van der Waals surface area contributed by atoms with Gasteiger partial charge in [0.25, 0.3) is 5.91 Å². The van der Waals surface area contributed by atoms with Gasteiger partial charge in [-0.05, 0) is 43.4 Å². The Morgan fingerprint density at radius 2 is 2.32 bits per heavy atom. The van der Waals surface area contributed by atoms with E-state index in [9.17, 15) is 4.79 Å². The van der Waals surface area contributed by atoms with Crippen molar-refractivity contribution in [3.8, 4) is 0 Å². The van der Waals surface area contributed by atoms with Gasteiger partial charge in [-0.2, -0.15) is 0 Å². The summed E-state index contributed by atoms with van der Waals surface area (Å²) in [7, 11) is 0. The summed E-state index contributed by atoms with van der Waals surface area (Å²) in [6.07, 6.45) is 2.79. The smallest absolute Gasteiger partial charge is 0.255 e. The van der Waals surface area contributed by atoms with Crippen LogP contribution >= 0.6 is 11.6 Å². The number of rotatable bonds is 3. The van der Waals surface area contributed by atoms with Crippen molar-refractivity contribution in [3.05, 3.63) is 28.8 Å². The topological polar surface area (TPSA) is 66.6 Å². The van der Waals surface area contributed by atoms with E-state index in [4.69, 9.17) is 22.4 Å². The standard InChI is InChI=1S/C14H19ClN2O2/c15-13-8-11(16)3-4-12(13)14(19)17-6-1-2-10(9-17)5-7-18/h3-4,8,10,18H,1-2,5-7,9,16H2. The van der Waals surface area contributed by atoms with Gasteiger partial charge in [-0.1, -0.05) is 11.6 Å². The van der Waals surface area contributed by atoms with Crippen LogP contribution in [0.2, 0.25) is 5.02 Å². The molecule has 1 aromatic rings. The third-order valence-corrected chi connectivity index (χ3v) is 3.88. The Labute approximate surface area is 118 Å². The summed E-state index contributed by atoms with van der Waals surface area (Å²) in [5, 5.41) is 9.39. The number of anilines is 1. The quantitative estimate of drug-likeness (QED) is 0.835. The van der Waals surface area contributed by atoms with Crippen LogP contribution in [0.5, 0.6) is 0 Å². The van der Waals surface area contributed by atoms with Gasteiger partial charge in [0, 0.05) is 25.4 Å². The van der Waals surface area contributed by atoms with Crippen molar-refractivity contribution in [3.63, 3.8) is 0 Å². The average Bonchev–Trinajstić information content (AvgIpc) is 2.39. The summed E-state index contributed by atoms with van der Waals surface area (Å²) < 4.78 is 0. The molecule has 3 N–H and O–H groups in total. The van der Waals surface area contributed by atoms with Crippen LogP contribution in [0, 0.1) is 5.92 Å². The van der Waals surface area contributed by atoms with Crippen LogP contribution in [0.25, 0.3) is 0 Å². The van der Waals surface area contributed by atoms with Gasteiger partial charge >= 0.3 is 0 Å². The van der Waals surface area contributed by atoms with E-state index in [1.165, 1.54) is 0 Å². The molecule has 4 nitrogen and oxygen atoms in total. The molecule has 0 spiro atoms. The van der Waals surface area contributed by atoms with Gasteiger partial charge in [0.2, 0.25) is 0 Å². The molecule has 104 valence electrons. The fraction of sp³-hybridized carbons (Fsp3) is 0.500. The van der Waals surface area contributed by atoms with E-state index in [2.05, 4.69) is 0 Å². The number of halogens is 1. The maximum Gasteiger partial charge on any atom is 0.255 e. The van der Waals surface area contributed by atoms with Gasteiger partial charge in [0.05, 0.1) is 10.6 Å². The number of hydrogen-bond donors (Lipinski definition) is 2. The molecule has 1 aromatic carbocycles. The van der Waals surface area contributed by atoms with Crippen molar-refractivity contribution >= 4 is 23.2 Å². The normalized spacial score (nSPS) is 19.5. The molecule has 5 heteroatoms. The highest BCUT2D eigenvalue weighted by Gasteiger charge is 2.25. The van der Waals surface area contributed by atoms with Crippen LogP contribution in [-0.4, -0.2) is 35.6 Å². The zero-order valence-corrected chi connectivity index (χ0v) is 11.6. The minimum absolute atomic E-state index is 0.0485. The van der Waals surface area contributed by atoms with Crippen LogP contribution in [0.15, 0.2) is 18.2 Å². The van der Waals surface area contributed by atoms with E-state index in [-0.39, 0.29) is 12.5 Å². The van der Waals surface area contributed by atoms with Crippen LogP contribution in [0.3, 0.4) is 0 Å². The number of aliphatic hydroxyl groups excluding tert-OH is 1. The highest BCUT2D eigenvalue weighted by atomic mass is 35.5. The van der Waals surface area contributed by atoms with Crippen molar-refractivity contribution < 1.29 is 9.90 Å². The number of aliphatic hydroxyl groups is 1. The number of benzene rings is 1. The van der Waals surface area contributed by atoms with E-state index in [0.717, 1.165) is 25.8 Å². The number of carbonyl (C=O) groups excluding carboxylic acids is 1. The second-order valence-electron chi connectivity index (χ2n) is 5.01. The first-order chi connectivity index (χ1) is 9.11. The molecule has 1 saturated heterocycles. The zero-order chi connectivity index (χ0) is 13.8. The molecular weight excluding hydrogens is 264 g/mol. The average molecular weight is 283 g/mol. The number of carbonyl (C=O) groups is 1. The van der Waals surface area contributed by atoms with Crippen molar-refractivity contribution in [2.24, 2.45) is 5.92 Å². The lowest BCUT2D eigenvalue weighted by molar-refractivity contribution is 0.0654. The predicted octanol–water partition coefficient (Wildman–Crippen LogP) is 2.16. The molecule has 19 heavy (non-hydrogen) atoms. The fourth-order valence-electron chi connectivity index (χ4n) is 2.54. The number of nitrogens with zero attached hydrogens (tertiary/aromatic N) is 1. The van der Waals surface area contributed by atoms with Gasteiger partial charge in [0.1, 0.15) is 0 Å². The number of piperidine rings is 1. The monoisotopic (exact) mass is 282 g/mol. The van der Waals surface area contributed by atoms with E-state index in [1.54, 1.807) is 18.2 Å². The van der Waals surface area contributed by atoms with Crippen LogP contribution in [0.4, 0.5) is 5.69 Å². The maximum absolute atomic E-state index is 12.4. The Hall–Kier alpha value is -1.26. The van der Waals surface area contributed by atoms with Crippen LogP contribution in [0.1, 0.15) is 29.6 Å². The van der Waals surface area contributed by atoms with Crippen molar-refractivity contribution in [2.75, 3.05) is 25.4 Å². The van der Waals surface area contributed by atoms with Crippen LogP contribution < -0.4 is 5.73 Å². The largest absolute Gasteiger partial charge is 0.399 e. The fourth-order valence-corrected chi connectivity index (χ4v) is 2.81.